The second-order valence-electron chi connectivity index (χ2n) is 8.06. The molecule has 4 N–H and O–H groups in total. The summed E-state index contributed by atoms with van der Waals surface area (Å²) in [7, 11) is 7.00. The number of nitrogens with one attached hydrogen (secondary N) is 2. The van der Waals surface area contributed by atoms with Gasteiger partial charge >= 0.3 is 0 Å². The molecular weight excluding hydrogens is 460 g/mol. The number of carbonyl (C=O) groups excluding carboxylic acids is 2. The number of methoxy groups -OCH3 is 2. The Balaban J connectivity index is 1.66. The van der Waals surface area contributed by atoms with Crippen LogP contribution in [-0.2, 0) is 4.79 Å². The topological polar surface area (TPSA) is 132 Å². The molecule has 2 aromatic carbocycles. The minimum absolute atomic E-state index is 0.0648. The van der Waals surface area contributed by atoms with Crippen molar-refractivity contribution in [2.24, 2.45) is 5.73 Å². The van der Waals surface area contributed by atoms with Gasteiger partial charge in [0.05, 0.1) is 19.9 Å². The van der Waals surface area contributed by atoms with Crippen LogP contribution in [0.3, 0.4) is 0 Å². The van der Waals surface area contributed by atoms with E-state index in [4.69, 9.17) is 15.2 Å². The quantitative estimate of drug-likeness (QED) is 0.369. The minimum atomic E-state index is -0.515. The van der Waals surface area contributed by atoms with Gasteiger partial charge in [-0.15, -0.1) is 0 Å². The van der Waals surface area contributed by atoms with Gasteiger partial charge in [0.1, 0.15) is 5.70 Å². The van der Waals surface area contributed by atoms with E-state index in [1.807, 2.05) is 25.1 Å². The molecule has 3 aromatic rings. The second kappa shape index (κ2) is 12.3. The molecule has 10 nitrogen and oxygen atoms in total. The van der Waals surface area contributed by atoms with E-state index >= 15 is 0 Å². The number of ether oxygens (including phenoxy) is 2. The highest BCUT2D eigenvalue weighted by Gasteiger charge is 2.11. The molecule has 1 heterocycles. The predicted molar refractivity (Wildman–Crippen MR) is 139 cm³/mol. The third-order valence-corrected chi connectivity index (χ3v) is 5.15. The highest BCUT2D eigenvalue weighted by Crippen LogP contribution is 2.31. The van der Waals surface area contributed by atoms with E-state index in [-0.39, 0.29) is 17.4 Å². The smallest absolute Gasteiger partial charge is 0.271 e. The van der Waals surface area contributed by atoms with E-state index in [1.54, 1.807) is 62.9 Å². The lowest BCUT2D eigenvalue weighted by atomic mass is 10.1. The number of hydrogen-bond donors (Lipinski definition) is 3. The molecular formula is C26H30N6O4. The van der Waals surface area contributed by atoms with Crippen LogP contribution in [0.25, 0.3) is 17.3 Å². The average Bonchev–Trinajstić information content (AvgIpc) is 2.88. The molecule has 0 aliphatic rings. The van der Waals surface area contributed by atoms with E-state index in [9.17, 15) is 9.59 Å². The van der Waals surface area contributed by atoms with Gasteiger partial charge in [-0.1, -0.05) is 0 Å². The maximum Gasteiger partial charge on any atom is 0.271 e. The lowest BCUT2D eigenvalue weighted by Gasteiger charge is -2.11. The summed E-state index contributed by atoms with van der Waals surface area (Å²) in [6, 6.07) is 13.7. The number of rotatable bonds is 10. The van der Waals surface area contributed by atoms with Gasteiger partial charge in [0, 0.05) is 42.2 Å². The molecule has 36 heavy (non-hydrogen) atoms. The number of carbonyl (C=O) groups is 2. The van der Waals surface area contributed by atoms with E-state index in [0.29, 0.717) is 35.0 Å². The molecule has 0 bridgehead atoms. The number of hydrogen-bond acceptors (Lipinski definition) is 8. The van der Waals surface area contributed by atoms with Gasteiger partial charge in [0.15, 0.2) is 17.3 Å². The third-order valence-electron chi connectivity index (χ3n) is 5.15. The van der Waals surface area contributed by atoms with Crippen molar-refractivity contribution in [3.63, 3.8) is 0 Å². The molecule has 0 unspecified atom stereocenters. The number of likely N-dealkylation sites (N-methyl/N-ethyl adjacent to an activating group) is 1. The standard InChI is InChI=1S/C26H30N6O4/c1-32(2)14-13-29-25(33)17-5-8-19(9-6-17)30-26(34)20(27)16-24-28-12-11-21(31-24)18-7-10-22(35-3)23(15-18)36-4/h5-12,15-16H,13-14,27H2,1-4H3,(H,29,33)(H,30,34)/b20-16-. The molecule has 0 saturated heterocycles. The zero-order chi connectivity index (χ0) is 26.1. The maximum absolute atomic E-state index is 12.6. The lowest BCUT2D eigenvalue weighted by Crippen LogP contribution is -2.31. The van der Waals surface area contributed by atoms with Gasteiger partial charge in [-0.25, -0.2) is 9.97 Å². The van der Waals surface area contributed by atoms with E-state index in [2.05, 4.69) is 20.6 Å². The van der Waals surface area contributed by atoms with Crippen LogP contribution in [0, 0.1) is 0 Å². The Morgan fingerprint density at radius 1 is 1.03 bits per heavy atom. The second-order valence-corrected chi connectivity index (χ2v) is 8.06. The largest absolute Gasteiger partial charge is 0.493 e. The van der Waals surface area contributed by atoms with Crippen molar-refractivity contribution in [2.45, 2.75) is 0 Å². The Morgan fingerprint density at radius 2 is 1.75 bits per heavy atom. The SMILES string of the molecule is COc1ccc(-c2ccnc(/C=C(\N)C(=O)Nc3ccc(C(=O)NCCN(C)C)cc3)n2)cc1OC. The summed E-state index contributed by atoms with van der Waals surface area (Å²) in [6.07, 6.45) is 2.98. The van der Waals surface area contributed by atoms with Crippen molar-refractivity contribution in [2.75, 3.05) is 46.7 Å². The average molecular weight is 491 g/mol. The molecule has 0 fully saturated rings. The van der Waals surface area contributed by atoms with E-state index in [0.717, 1.165) is 12.1 Å². The molecule has 0 radical (unpaired) electrons. The van der Waals surface area contributed by atoms with Crippen LogP contribution < -0.4 is 25.8 Å². The first kappa shape index (κ1) is 26.2. The van der Waals surface area contributed by atoms with Gasteiger partial charge in [-0.2, -0.15) is 0 Å². The van der Waals surface area contributed by atoms with Crippen LogP contribution in [0.5, 0.6) is 11.5 Å². The van der Waals surface area contributed by atoms with Crippen molar-refractivity contribution in [3.05, 3.63) is 71.8 Å². The van der Waals surface area contributed by atoms with Crippen molar-refractivity contribution < 1.29 is 19.1 Å². The van der Waals surface area contributed by atoms with Crippen molar-refractivity contribution in [1.82, 2.24) is 20.2 Å². The summed E-state index contributed by atoms with van der Waals surface area (Å²) in [5.74, 6) is 0.759. The first-order chi connectivity index (χ1) is 17.3. The molecule has 2 amide bonds. The fourth-order valence-electron chi connectivity index (χ4n) is 3.21. The van der Waals surface area contributed by atoms with Crippen LogP contribution in [0.15, 0.2) is 60.4 Å². The van der Waals surface area contributed by atoms with E-state index in [1.165, 1.54) is 6.08 Å². The zero-order valence-electron chi connectivity index (χ0n) is 20.7. The Labute approximate surface area is 210 Å². The molecule has 0 spiro atoms. The van der Waals surface area contributed by atoms with Gasteiger partial charge < -0.3 is 30.7 Å². The summed E-state index contributed by atoms with van der Waals surface area (Å²) >= 11 is 0. The van der Waals surface area contributed by atoms with Crippen molar-refractivity contribution in [1.29, 1.82) is 0 Å². The van der Waals surface area contributed by atoms with Gasteiger partial charge in [-0.3, -0.25) is 9.59 Å². The highest BCUT2D eigenvalue weighted by atomic mass is 16.5. The van der Waals surface area contributed by atoms with Crippen molar-refractivity contribution >= 4 is 23.6 Å². The Bertz CT molecular complexity index is 1240. The molecule has 0 atom stereocenters. The number of nitrogens with zero attached hydrogens (tertiary/aromatic N) is 3. The zero-order valence-corrected chi connectivity index (χ0v) is 20.7. The summed E-state index contributed by atoms with van der Waals surface area (Å²) in [4.78, 5) is 35.4. The van der Waals surface area contributed by atoms with Crippen LogP contribution in [0.4, 0.5) is 5.69 Å². The van der Waals surface area contributed by atoms with Crippen LogP contribution in [0.1, 0.15) is 16.2 Å². The number of nitrogens with two attached hydrogens (primary N) is 1. The Hall–Kier alpha value is -4.44. The van der Waals surface area contributed by atoms with Gasteiger partial charge in [0.25, 0.3) is 11.8 Å². The first-order valence-corrected chi connectivity index (χ1v) is 11.2. The molecule has 188 valence electrons. The van der Waals surface area contributed by atoms with Gasteiger partial charge in [0.2, 0.25) is 0 Å². The Kier molecular flexibility index (Phi) is 8.95. The van der Waals surface area contributed by atoms with Crippen molar-refractivity contribution in [3.8, 4) is 22.8 Å². The Morgan fingerprint density at radius 3 is 2.42 bits per heavy atom. The summed E-state index contributed by atoms with van der Waals surface area (Å²) in [5.41, 5.74) is 8.34. The molecule has 10 heteroatoms. The number of amides is 2. The monoisotopic (exact) mass is 490 g/mol. The van der Waals surface area contributed by atoms with Crippen LogP contribution in [-0.4, -0.2) is 68.1 Å². The van der Waals surface area contributed by atoms with E-state index < -0.39 is 5.91 Å². The molecule has 0 aliphatic carbocycles. The lowest BCUT2D eigenvalue weighted by molar-refractivity contribution is -0.112. The summed E-state index contributed by atoms with van der Waals surface area (Å²) in [5, 5.41) is 5.54. The predicted octanol–water partition coefficient (Wildman–Crippen LogP) is 2.39. The van der Waals surface area contributed by atoms with Crippen LogP contribution >= 0.6 is 0 Å². The highest BCUT2D eigenvalue weighted by molar-refractivity contribution is 6.06. The number of benzene rings is 2. The molecule has 0 aliphatic heterocycles. The number of aromatic nitrogens is 2. The first-order valence-electron chi connectivity index (χ1n) is 11.2. The fourth-order valence-corrected chi connectivity index (χ4v) is 3.21. The van der Waals surface area contributed by atoms with Crippen LogP contribution in [0.2, 0.25) is 0 Å². The minimum Gasteiger partial charge on any atom is -0.493 e. The summed E-state index contributed by atoms with van der Waals surface area (Å²) in [6.45, 7) is 1.29. The fraction of sp³-hybridized carbons (Fsp3) is 0.231. The molecule has 3 rings (SSSR count). The maximum atomic E-state index is 12.6. The third kappa shape index (κ3) is 7.03. The number of anilines is 1. The van der Waals surface area contributed by atoms with Gasteiger partial charge in [-0.05, 0) is 62.6 Å². The summed E-state index contributed by atoms with van der Waals surface area (Å²) < 4.78 is 10.6. The molecule has 0 saturated carbocycles. The normalized spacial score (nSPS) is 11.2. The molecule has 1 aromatic heterocycles.